The number of unbranched alkanes of at least 4 members (excludes halogenated alkanes) is 1. The summed E-state index contributed by atoms with van der Waals surface area (Å²) < 4.78 is 7.58. The van der Waals surface area contributed by atoms with Crippen LogP contribution < -0.4 is 4.74 Å². The largest absolute Gasteiger partial charge is 0.494 e. The molecule has 1 aromatic heterocycles. The number of carbonyl (C=O) groups excluding carboxylic acids is 2. The van der Waals surface area contributed by atoms with Gasteiger partial charge in [0.25, 0.3) is 11.8 Å². The lowest BCUT2D eigenvalue weighted by Gasteiger charge is -2.28. The van der Waals surface area contributed by atoms with Gasteiger partial charge in [0.05, 0.1) is 18.0 Å². The van der Waals surface area contributed by atoms with Crippen molar-refractivity contribution >= 4 is 17.9 Å². The van der Waals surface area contributed by atoms with Gasteiger partial charge in [0, 0.05) is 29.4 Å². The lowest BCUT2D eigenvalue weighted by atomic mass is 9.92. The number of nitrogens with zero attached hydrogens (tertiary/aromatic N) is 4. The van der Waals surface area contributed by atoms with Crippen molar-refractivity contribution < 1.29 is 14.3 Å². The smallest absolute Gasteiger partial charge is 0.271 e. The van der Waals surface area contributed by atoms with E-state index in [1.54, 1.807) is 17.7 Å². The van der Waals surface area contributed by atoms with E-state index >= 15 is 0 Å². The molecule has 0 bridgehead atoms. The van der Waals surface area contributed by atoms with Gasteiger partial charge in [0.1, 0.15) is 17.4 Å². The summed E-state index contributed by atoms with van der Waals surface area (Å²) in [4.78, 5) is 27.5. The first kappa shape index (κ1) is 26.6. The monoisotopic (exact) mass is 508 g/mol. The normalized spacial score (nSPS) is 14.9. The first-order chi connectivity index (χ1) is 18.3. The predicted octanol–water partition coefficient (Wildman–Crippen LogP) is 5.97. The van der Waals surface area contributed by atoms with Gasteiger partial charge in [-0.15, -0.1) is 0 Å². The van der Waals surface area contributed by atoms with Crippen LogP contribution in [-0.4, -0.2) is 39.6 Å². The van der Waals surface area contributed by atoms with Gasteiger partial charge in [-0.05, 0) is 67.3 Å². The number of benzene rings is 2. The van der Waals surface area contributed by atoms with Gasteiger partial charge in [-0.1, -0.05) is 45.4 Å². The number of aromatic nitrogens is 2. The Morgan fingerprint density at radius 3 is 2.39 bits per heavy atom. The van der Waals surface area contributed by atoms with Crippen molar-refractivity contribution in [2.75, 3.05) is 13.2 Å². The fourth-order valence-corrected chi connectivity index (χ4v) is 4.29. The Labute approximate surface area is 223 Å². The Morgan fingerprint density at radius 2 is 1.76 bits per heavy atom. The minimum Gasteiger partial charge on any atom is -0.494 e. The number of amides is 2. The van der Waals surface area contributed by atoms with Crippen LogP contribution in [0.25, 0.3) is 23.0 Å². The third-order valence-corrected chi connectivity index (χ3v) is 6.33. The lowest BCUT2D eigenvalue weighted by molar-refractivity contribution is -0.141. The molecule has 38 heavy (non-hydrogen) atoms. The molecule has 0 radical (unpaired) electrons. The van der Waals surface area contributed by atoms with Crippen LogP contribution in [0.15, 0.2) is 77.5 Å². The van der Waals surface area contributed by atoms with Crippen LogP contribution in [0, 0.1) is 17.2 Å². The van der Waals surface area contributed by atoms with E-state index in [2.05, 4.69) is 6.92 Å². The zero-order chi connectivity index (χ0) is 27.2. The molecule has 194 valence electrons. The molecule has 0 unspecified atom stereocenters. The van der Waals surface area contributed by atoms with Gasteiger partial charge in [-0.25, -0.2) is 4.68 Å². The van der Waals surface area contributed by atoms with Gasteiger partial charge in [-0.3, -0.25) is 14.5 Å². The highest BCUT2D eigenvalue weighted by Gasteiger charge is 2.35. The molecule has 0 aliphatic carbocycles. The molecular weight excluding hydrogens is 476 g/mol. The Hall–Kier alpha value is -4.44. The second kappa shape index (κ2) is 11.7. The maximum atomic E-state index is 13.5. The molecule has 0 saturated heterocycles. The quantitative estimate of drug-likeness (QED) is 0.202. The molecular formula is C31H32N4O3. The van der Waals surface area contributed by atoms with E-state index in [0.717, 1.165) is 29.8 Å². The Morgan fingerprint density at radius 1 is 1.05 bits per heavy atom. The maximum absolute atomic E-state index is 13.5. The van der Waals surface area contributed by atoms with E-state index in [4.69, 9.17) is 9.84 Å². The minimum absolute atomic E-state index is 0.0120. The molecule has 2 aromatic carbocycles. The Bertz CT molecular complexity index is 1420. The standard InChI is InChI=1S/C31H32N4O3/c1-5-6-16-38-26-14-12-23(13-15-26)29-24(20-35(33-29)25-10-8-7-9-11-25)17-27-22(4)28(18-32)31(37)34(30(27)36)19-21(2)3/h7-15,17,20-21H,5-6,16,19H2,1-4H3/b27-17+. The van der Waals surface area contributed by atoms with Gasteiger partial charge in [0.15, 0.2) is 0 Å². The molecule has 4 rings (SSSR count). The van der Waals surface area contributed by atoms with E-state index in [1.807, 2.05) is 80.7 Å². The topological polar surface area (TPSA) is 88.2 Å². The summed E-state index contributed by atoms with van der Waals surface area (Å²) in [6, 6.07) is 19.4. The minimum atomic E-state index is -0.542. The van der Waals surface area contributed by atoms with Crippen LogP contribution in [0.4, 0.5) is 0 Å². The van der Waals surface area contributed by atoms with E-state index < -0.39 is 11.8 Å². The molecule has 7 nitrogen and oxygen atoms in total. The number of ether oxygens (including phenoxy) is 1. The van der Waals surface area contributed by atoms with E-state index in [1.165, 1.54) is 4.90 Å². The van der Waals surface area contributed by atoms with Gasteiger partial charge >= 0.3 is 0 Å². The summed E-state index contributed by atoms with van der Waals surface area (Å²) in [5.41, 5.74) is 3.78. The third-order valence-electron chi connectivity index (χ3n) is 6.33. The molecule has 7 heteroatoms. The van der Waals surface area contributed by atoms with Crippen LogP contribution in [0.5, 0.6) is 5.75 Å². The highest BCUT2D eigenvalue weighted by Crippen LogP contribution is 2.32. The third kappa shape index (κ3) is 5.60. The number of para-hydroxylation sites is 1. The molecule has 0 spiro atoms. The number of imide groups is 1. The fraction of sp³-hybridized carbons (Fsp3) is 0.290. The number of carbonyl (C=O) groups is 2. The lowest BCUT2D eigenvalue weighted by Crippen LogP contribution is -2.44. The first-order valence-corrected chi connectivity index (χ1v) is 12.9. The number of rotatable bonds is 9. The van der Waals surface area contributed by atoms with Gasteiger partial charge < -0.3 is 4.74 Å². The van der Waals surface area contributed by atoms with Crippen molar-refractivity contribution in [1.29, 1.82) is 5.26 Å². The van der Waals surface area contributed by atoms with E-state index in [-0.39, 0.29) is 18.0 Å². The summed E-state index contributed by atoms with van der Waals surface area (Å²) in [6.45, 7) is 8.53. The van der Waals surface area contributed by atoms with Crippen LogP contribution in [-0.2, 0) is 9.59 Å². The number of hydrogen-bond donors (Lipinski definition) is 0. The van der Waals surface area contributed by atoms with Crippen molar-refractivity contribution in [3.8, 4) is 28.8 Å². The molecule has 0 atom stereocenters. The zero-order valence-electron chi connectivity index (χ0n) is 22.3. The van der Waals surface area contributed by atoms with Crippen LogP contribution in [0.2, 0.25) is 0 Å². The van der Waals surface area contributed by atoms with Crippen molar-refractivity contribution in [2.45, 2.75) is 40.5 Å². The average Bonchev–Trinajstić information content (AvgIpc) is 3.34. The van der Waals surface area contributed by atoms with Crippen LogP contribution in [0.3, 0.4) is 0 Å². The molecule has 0 saturated carbocycles. The zero-order valence-corrected chi connectivity index (χ0v) is 22.3. The SMILES string of the molecule is CCCCOc1ccc(-c2nn(-c3ccccc3)cc2/C=C2/C(=O)N(CC(C)C)C(=O)C(C#N)=C2C)cc1. The number of nitriles is 1. The number of hydrogen-bond acceptors (Lipinski definition) is 5. The van der Waals surface area contributed by atoms with Crippen LogP contribution in [0.1, 0.15) is 46.1 Å². The second-order valence-corrected chi connectivity index (χ2v) is 9.72. The summed E-state index contributed by atoms with van der Waals surface area (Å²) in [5, 5.41) is 14.6. The fourth-order valence-electron chi connectivity index (χ4n) is 4.29. The Kier molecular flexibility index (Phi) is 8.22. The van der Waals surface area contributed by atoms with Crippen molar-refractivity contribution in [1.82, 2.24) is 14.7 Å². The van der Waals surface area contributed by atoms with Crippen LogP contribution >= 0.6 is 0 Å². The highest BCUT2D eigenvalue weighted by molar-refractivity contribution is 6.19. The molecule has 3 aromatic rings. The molecule has 1 aliphatic heterocycles. The van der Waals surface area contributed by atoms with Crippen molar-refractivity contribution in [3.63, 3.8) is 0 Å². The van der Waals surface area contributed by atoms with Crippen molar-refractivity contribution in [3.05, 3.63) is 83.1 Å². The predicted molar refractivity (Wildman–Crippen MR) is 147 cm³/mol. The molecule has 0 fully saturated rings. The summed E-state index contributed by atoms with van der Waals surface area (Å²) in [7, 11) is 0. The molecule has 2 amide bonds. The molecule has 0 N–H and O–H groups in total. The molecule has 2 heterocycles. The van der Waals surface area contributed by atoms with E-state index in [9.17, 15) is 14.9 Å². The highest BCUT2D eigenvalue weighted by atomic mass is 16.5. The summed E-state index contributed by atoms with van der Waals surface area (Å²) in [5.74, 6) is -0.0951. The van der Waals surface area contributed by atoms with Gasteiger partial charge in [-0.2, -0.15) is 10.4 Å². The maximum Gasteiger partial charge on any atom is 0.271 e. The second-order valence-electron chi connectivity index (χ2n) is 9.72. The van der Waals surface area contributed by atoms with Crippen molar-refractivity contribution in [2.24, 2.45) is 5.92 Å². The van der Waals surface area contributed by atoms with Gasteiger partial charge in [0.2, 0.25) is 0 Å². The molecule has 1 aliphatic rings. The first-order valence-electron chi connectivity index (χ1n) is 12.9. The summed E-state index contributed by atoms with van der Waals surface area (Å²) in [6.07, 6.45) is 5.65. The van der Waals surface area contributed by atoms with E-state index in [0.29, 0.717) is 29.0 Å². The Balaban J connectivity index is 1.82. The average molecular weight is 509 g/mol. The summed E-state index contributed by atoms with van der Waals surface area (Å²) >= 11 is 0.